The minimum absolute atomic E-state index is 0.0457. The van der Waals surface area contributed by atoms with Crippen molar-refractivity contribution in [2.45, 2.75) is 315 Å². The summed E-state index contributed by atoms with van der Waals surface area (Å²) >= 11 is 0. The summed E-state index contributed by atoms with van der Waals surface area (Å²) in [6, 6.07) is -0.715. The fraction of sp³-hybridized carbons (Fsp3) is 0.862. The predicted octanol–water partition coefficient (Wildman–Crippen LogP) is 17.2. The zero-order valence-electron chi connectivity index (χ0n) is 42.9. The van der Waals surface area contributed by atoms with E-state index in [-0.39, 0.29) is 24.9 Å². The Morgan fingerprint density at radius 1 is 0.453 bits per heavy atom. The SMILES string of the molecule is CCCCCC/C=C\CCCCCCCCCC(=O)OC(CCC/C=C/C=C/CCCCCCCCC)CC(=O)NC(CO)C(O)CCCCCCCCCCCCCCCCCC. The topological polar surface area (TPSA) is 95.9 Å². The van der Waals surface area contributed by atoms with Gasteiger partial charge in [0.15, 0.2) is 0 Å². The number of ether oxygens (including phenoxy) is 1. The first-order chi connectivity index (χ1) is 31.5. The molecule has 1 amide bonds. The highest BCUT2D eigenvalue weighted by molar-refractivity contribution is 5.77. The van der Waals surface area contributed by atoms with Gasteiger partial charge in [0.2, 0.25) is 5.91 Å². The summed E-state index contributed by atoms with van der Waals surface area (Å²) in [6.45, 7) is 6.48. The molecular formula is C58H109NO5. The molecule has 376 valence electrons. The quantitative estimate of drug-likeness (QED) is 0.0245. The molecule has 3 N–H and O–H groups in total. The predicted molar refractivity (Wildman–Crippen MR) is 278 cm³/mol. The zero-order valence-corrected chi connectivity index (χ0v) is 42.9. The molecule has 0 aromatic carbocycles. The Kier molecular flexibility index (Phi) is 50.5. The van der Waals surface area contributed by atoms with Crippen LogP contribution in [0.15, 0.2) is 36.5 Å². The molecule has 0 saturated heterocycles. The van der Waals surface area contributed by atoms with E-state index >= 15 is 0 Å². The van der Waals surface area contributed by atoms with Gasteiger partial charge in [-0.25, -0.2) is 0 Å². The van der Waals surface area contributed by atoms with Crippen molar-refractivity contribution in [2.75, 3.05) is 6.61 Å². The van der Waals surface area contributed by atoms with Crippen LogP contribution in [0.3, 0.4) is 0 Å². The Labute approximate surface area is 398 Å². The Balaban J connectivity index is 4.58. The number of hydrogen-bond donors (Lipinski definition) is 3. The number of amides is 1. The molecule has 0 aliphatic rings. The molecule has 0 radical (unpaired) electrons. The lowest BCUT2D eigenvalue weighted by Crippen LogP contribution is -2.46. The third-order valence-electron chi connectivity index (χ3n) is 13.0. The van der Waals surface area contributed by atoms with E-state index in [9.17, 15) is 19.8 Å². The van der Waals surface area contributed by atoms with Gasteiger partial charge >= 0.3 is 5.97 Å². The molecule has 0 aromatic heterocycles. The van der Waals surface area contributed by atoms with Crippen LogP contribution in [0.5, 0.6) is 0 Å². The van der Waals surface area contributed by atoms with Gasteiger partial charge in [-0.2, -0.15) is 0 Å². The number of allylic oxidation sites excluding steroid dienone is 6. The molecule has 0 aliphatic heterocycles. The maximum absolute atomic E-state index is 13.2. The lowest BCUT2D eigenvalue weighted by Gasteiger charge is -2.24. The summed E-state index contributed by atoms with van der Waals surface area (Å²) in [7, 11) is 0. The van der Waals surface area contributed by atoms with Crippen molar-refractivity contribution >= 4 is 11.9 Å². The molecule has 0 spiro atoms. The molecule has 0 bridgehead atoms. The van der Waals surface area contributed by atoms with Crippen molar-refractivity contribution in [1.82, 2.24) is 5.32 Å². The van der Waals surface area contributed by atoms with Crippen LogP contribution >= 0.6 is 0 Å². The van der Waals surface area contributed by atoms with Crippen LogP contribution in [0, 0.1) is 0 Å². The summed E-state index contributed by atoms with van der Waals surface area (Å²) in [5.74, 6) is -0.514. The van der Waals surface area contributed by atoms with Crippen molar-refractivity contribution < 1.29 is 24.5 Å². The standard InChI is InChI=1S/C58H109NO5/c1-4-7-10-13-16-19-22-25-28-30-32-35-38-41-44-47-50-56(61)55(53-60)59-57(62)52-54(49-46-43-40-37-34-31-27-24-21-18-15-12-9-6-3)64-58(63)51-48-45-42-39-36-33-29-26-23-20-17-14-11-8-5-2/h20,23,31,34,37,40,54-56,60-61H,4-19,21-22,24-30,32-33,35-36,38-39,41-53H2,1-3H3,(H,59,62)/b23-20-,34-31+,40-37+. The molecule has 6 nitrogen and oxygen atoms in total. The number of nitrogens with one attached hydrogen (secondary N) is 1. The van der Waals surface area contributed by atoms with E-state index < -0.39 is 18.2 Å². The summed E-state index contributed by atoms with van der Waals surface area (Å²) in [6.07, 6.45) is 62.1. The highest BCUT2D eigenvalue weighted by atomic mass is 16.5. The Bertz CT molecular complexity index is 1060. The highest BCUT2D eigenvalue weighted by Gasteiger charge is 2.24. The molecule has 3 atom stereocenters. The number of aliphatic hydroxyl groups is 2. The molecule has 0 aromatic rings. The van der Waals surface area contributed by atoms with Gasteiger partial charge in [-0.1, -0.05) is 250 Å². The van der Waals surface area contributed by atoms with Gasteiger partial charge in [0.25, 0.3) is 0 Å². The largest absolute Gasteiger partial charge is 0.462 e. The van der Waals surface area contributed by atoms with Crippen LogP contribution in [0.1, 0.15) is 297 Å². The Morgan fingerprint density at radius 3 is 1.25 bits per heavy atom. The Morgan fingerprint density at radius 2 is 0.812 bits per heavy atom. The second-order valence-corrected chi connectivity index (χ2v) is 19.4. The monoisotopic (exact) mass is 900 g/mol. The fourth-order valence-electron chi connectivity index (χ4n) is 8.66. The van der Waals surface area contributed by atoms with Gasteiger partial charge in [0, 0.05) is 6.42 Å². The van der Waals surface area contributed by atoms with E-state index in [4.69, 9.17) is 4.74 Å². The number of carbonyl (C=O) groups excluding carboxylic acids is 2. The number of rotatable bonds is 51. The van der Waals surface area contributed by atoms with Gasteiger partial charge in [-0.15, -0.1) is 0 Å². The fourth-order valence-corrected chi connectivity index (χ4v) is 8.66. The van der Waals surface area contributed by atoms with Crippen LogP contribution in [-0.4, -0.2) is 46.9 Å². The molecule has 0 heterocycles. The van der Waals surface area contributed by atoms with Crippen molar-refractivity contribution in [1.29, 1.82) is 0 Å². The number of esters is 1. The second-order valence-electron chi connectivity index (χ2n) is 19.4. The number of carbonyl (C=O) groups is 2. The first-order valence-electron chi connectivity index (χ1n) is 28.2. The number of aliphatic hydroxyl groups excluding tert-OH is 2. The first kappa shape index (κ1) is 62.1. The first-order valence-corrected chi connectivity index (χ1v) is 28.2. The third-order valence-corrected chi connectivity index (χ3v) is 13.0. The molecule has 0 rings (SSSR count). The highest BCUT2D eigenvalue weighted by Crippen LogP contribution is 2.18. The molecule has 3 unspecified atom stereocenters. The van der Waals surface area contributed by atoms with Crippen LogP contribution in [-0.2, 0) is 14.3 Å². The van der Waals surface area contributed by atoms with E-state index in [0.717, 1.165) is 57.8 Å². The molecule has 0 aliphatic carbocycles. The van der Waals surface area contributed by atoms with Gasteiger partial charge in [-0.05, 0) is 70.6 Å². The van der Waals surface area contributed by atoms with Crippen molar-refractivity contribution in [2.24, 2.45) is 0 Å². The summed E-state index contributed by atoms with van der Waals surface area (Å²) in [5, 5.41) is 23.8. The normalized spacial score (nSPS) is 13.4. The van der Waals surface area contributed by atoms with Gasteiger partial charge in [0.1, 0.15) is 6.10 Å². The average Bonchev–Trinajstić information content (AvgIpc) is 3.29. The Hall–Kier alpha value is -1.92. The number of unbranched alkanes of at least 4 members (excludes halogenated alkanes) is 34. The summed E-state index contributed by atoms with van der Waals surface area (Å²) in [4.78, 5) is 26.2. The molecule has 6 heteroatoms. The van der Waals surface area contributed by atoms with Crippen molar-refractivity contribution in [3.05, 3.63) is 36.5 Å². The summed E-state index contributed by atoms with van der Waals surface area (Å²) < 4.78 is 5.92. The average molecular weight is 901 g/mol. The second kappa shape index (κ2) is 52.1. The molecular weight excluding hydrogens is 791 g/mol. The minimum Gasteiger partial charge on any atom is -0.462 e. The van der Waals surface area contributed by atoms with E-state index in [0.29, 0.717) is 19.3 Å². The van der Waals surface area contributed by atoms with E-state index in [1.165, 1.54) is 193 Å². The molecule has 64 heavy (non-hydrogen) atoms. The molecule has 0 saturated carbocycles. The lowest BCUT2D eigenvalue weighted by molar-refractivity contribution is -0.151. The van der Waals surface area contributed by atoms with Crippen LogP contribution in [0.2, 0.25) is 0 Å². The number of hydrogen-bond acceptors (Lipinski definition) is 5. The van der Waals surface area contributed by atoms with Gasteiger partial charge in [-0.3, -0.25) is 9.59 Å². The maximum atomic E-state index is 13.2. The minimum atomic E-state index is -0.799. The van der Waals surface area contributed by atoms with Gasteiger partial charge < -0.3 is 20.3 Å². The van der Waals surface area contributed by atoms with Gasteiger partial charge in [0.05, 0.1) is 25.2 Å². The molecule has 0 fully saturated rings. The van der Waals surface area contributed by atoms with E-state index in [1.54, 1.807) is 0 Å². The van der Waals surface area contributed by atoms with Crippen LogP contribution < -0.4 is 5.32 Å². The van der Waals surface area contributed by atoms with Crippen LogP contribution in [0.25, 0.3) is 0 Å². The van der Waals surface area contributed by atoms with E-state index in [2.05, 4.69) is 62.5 Å². The smallest absolute Gasteiger partial charge is 0.306 e. The van der Waals surface area contributed by atoms with Crippen LogP contribution in [0.4, 0.5) is 0 Å². The van der Waals surface area contributed by atoms with Crippen molar-refractivity contribution in [3.63, 3.8) is 0 Å². The zero-order chi connectivity index (χ0) is 46.7. The van der Waals surface area contributed by atoms with Crippen molar-refractivity contribution in [3.8, 4) is 0 Å². The maximum Gasteiger partial charge on any atom is 0.306 e. The third kappa shape index (κ3) is 46.6. The summed E-state index contributed by atoms with van der Waals surface area (Å²) in [5.41, 5.74) is 0. The van der Waals surface area contributed by atoms with E-state index in [1.807, 2.05) is 0 Å². The lowest BCUT2D eigenvalue weighted by atomic mass is 10.0.